The lowest BCUT2D eigenvalue weighted by Gasteiger charge is -1.98. The molecule has 0 bridgehead atoms. The van der Waals surface area contributed by atoms with E-state index in [1.54, 1.807) is 12.1 Å². The maximum absolute atomic E-state index is 10.7. The van der Waals surface area contributed by atoms with Crippen LogP contribution in [0.3, 0.4) is 0 Å². The number of nitrogens with zero attached hydrogens (tertiary/aromatic N) is 4. The highest BCUT2D eigenvalue weighted by Gasteiger charge is 2.08. The van der Waals surface area contributed by atoms with Gasteiger partial charge in [-0.05, 0) is 18.2 Å². The topological polar surface area (TPSA) is 88.9 Å². The molecule has 0 spiro atoms. The van der Waals surface area contributed by atoms with Crippen LogP contribution >= 0.6 is 0 Å². The van der Waals surface area contributed by atoms with Gasteiger partial charge in [-0.2, -0.15) is 5.10 Å². The highest BCUT2D eigenvalue weighted by Crippen LogP contribution is 2.09. The summed E-state index contributed by atoms with van der Waals surface area (Å²) in [4.78, 5) is 18.4. The first kappa shape index (κ1) is 9.20. The molecule has 2 rings (SSSR count). The number of hydrogen-bond acceptors (Lipinski definition) is 5. The van der Waals surface area contributed by atoms with E-state index < -0.39 is 5.97 Å². The first-order chi connectivity index (χ1) is 7.27. The minimum Gasteiger partial charge on any atom is -0.477 e. The van der Waals surface area contributed by atoms with Gasteiger partial charge in [0.25, 0.3) is 0 Å². The van der Waals surface area contributed by atoms with E-state index >= 15 is 0 Å². The van der Waals surface area contributed by atoms with E-state index in [9.17, 15) is 4.79 Å². The summed E-state index contributed by atoms with van der Waals surface area (Å²) in [6, 6.07) is 4.66. The molecule has 0 saturated carbocycles. The molecule has 0 aliphatic rings. The Morgan fingerprint density at radius 2 is 2.13 bits per heavy atom. The molecule has 0 fully saturated rings. The van der Waals surface area contributed by atoms with Crippen LogP contribution < -0.4 is 0 Å². The van der Waals surface area contributed by atoms with Crippen molar-refractivity contribution in [3.8, 4) is 11.5 Å². The second kappa shape index (κ2) is 3.79. The van der Waals surface area contributed by atoms with Crippen molar-refractivity contribution in [1.29, 1.82) is 0 Å². The van der Waals surface area contributed by atoms with Crippen LogP contribution in [-0.2, 0) is 0 Å². The molecule has 2 aromatic rings. The van der Waals surface area contributed by atoms with Crippen LogP contribution in [0.15, 0.2) is 30.6 Å². The van der Waals surface area contributed by atoms with Gasteiger partial charge in [0.1, 0.15) is 5.69 Å². The Labute approximate surface area is 84.7 Å². The van der Waals surface area contributed by atoms with Crippen molar-refractivity contribution < 1.29 is 9.90 Å². The van der Waals surface area contributed by atoms with Crippen LogP contribution in [0, 0.1) is 0 Å². The molecule has 0 saturated heterocycles. The van der Waals surface area contributed by atoms with Gasteiger partial charge in [-0.1, -0.05) is 0 Å². The number of carboxylic acids is 1. The third kappa shape index (κ3) is 1.93. The molecule has 0 aromatic carbocycles. The predicted molar refractivity (Wildman–Crippen MR) is 50.0 cm³/mol. The highest BCUT2D eigenvalue weighted by molar-refractivity contribution is 5.85. The van der Waals surface area contributed by atoms with Crippen molar-refractivity contribution >= 4 is 5.97 Å². The third-order valence-corrected chi connectivity index (χ3v) is 1.68. The maximum atomic E-state index is 10.7. The van der Waals surface area contributed by atoms with Crippen molar-refractivity contribution in [2.75, 3.05) is 0 Å². The minimum absolute atomic E-state index is 0.0642. The second-order valence-electron chi connectivity index (χ2n) is 2.68. The van der Waals surface area contributed by atoms with E-state index in [-0.39, 0.29) is 11.5 Å². The molecule has 0 unspecified atom stereocenters. The molecule has 0 atom stereocenters. The van der Waals surface area contributed by atoms with Gasteiger partial charge in [0.05, 0.1) is 0 Å². The molecule has 0 aliphatic carbocycles. The third-order valence-electron chi connectivity index (χ3n) is 1.68. The molecule has 15 heavy (non-hydrogen) atoms. The van der Waals surface area contributed by atoms with E-state index in [4.69, 9.17) is 5.11 Å². The molecule has 2 aromatic heterocycles. The summed E-state index contributed by atoms with van der Waals surface area (Å²) in [6.45, 7) is 0. The fourth-order valence-corrected chi connectivity index (χ4v) is 1.02. The second-order valence-corrected chi connectivity index (χ2v) is 2.68. The van der Waals surface area contributed by atoms with Crippen molar-refractivity contribution in [3.63, 3.8) is 0 Å². The molecule has 74 valence electrons. The fraction of sp³-hybridized carbons (Fsp3) is 0. The zero-order valence-corrected chi connectivity index (χ0v) is 7.53. The Balaban J connectivity index is 2.46. The number of hydrogen-bond donors (Lipinski definition) is 1. The zero-order valence-electron chi connectivity index (χ0n) is 7.53. The van der Waals surface area contributed by atoms with Gasteiger partial charge in [0.2, 0.25) is 0 Å². The largest absolute Gasteiger partial charge is 0.477 e. The average Bonchev–Trinajstić information content (AvgIpc) is 2.30. The summed E-state index contributed by atoms with van der Waals surface area (Å²) in [6.07, 6.45) is 2.89. The summed E-state index contributed by atoms with van der Waals surface area (Å²) < 4.78 is 0. The van der Waals surface area contributed by atoms with Crippen LogP contribution in [-0.4, -0.2) is 31.2 Å². The van der Waals surface area contributed by atoms with Gasteiger partial charge in [-0.15, -0.1) is 5.10 Å². The maximum Gasteiger partial charge on any atom is 0.354 e. The van der Waals surface area contributed by atoms with Crippen molar-refractivity contribution in [2.24, 2.45) is 0 Å². The zero-order chi connectivity index (χ0) is 10.7. The first-order valence-corrected chi connectivity index (χ1v) is 4.12. The number of carboxylic acid groups (broad SMARTS) is 1. The lowest BCUT2D eigenvalue weighted by atomic mass is 10.3. The van der Waals surface area contributed by atoms with Crippen molar-refractivity contribution in [2.45, 2.75) is 0 Å². The van der Waals surface area contributed by atoms with Crippen LogP contribution in [0.1, 0.15) is 10.5 Å². The van der Waals surface area contributed by atoms with Crippen LogP contribution in [0.2, 0.25) is 0 Å². The molecule has 0 amide bonds. The fourth-order valence-electron chi connectivity index (χ4n) is 1.02. The molecule has 1 N–H and O–H groups in total. The quantitative estimate of drug-likeness (QED) is 0.768. The number of aromatic nitrogens is 4. The summed E-state index contributed by atoms with van der Waals surface area (Å²) in [5.41, 5.74) is 0.381. The Morgan fingerprint density at radius 3 is 2.80 bits per heavy atom. The first-order valence-electron chi connectivity index (χ1n) is 4.12. The SMILES string of the molecule is O=C(O)c1ccnc(-c2cccnn2)n1. The molecular weight excluding hydrogens is 196 g/mol. The Morgan fingerprint density at radius 1 is 1.27 bits per heavy atom. The normalized spacial score (nSPS) is 9.87. The van der Waals surface area contributed by atoms with Crippen LogP contribution in [0.25, 0.3) is 11.5 Å². The van der Waals surface area contributed by atoms with E-state index in [1.807, 2.05) is 0 Å². The molecule has 0 radical (unpaired) electrons. The van der Waals surface area contributed by atoms with Gasteiger partial charge < -0.3 is 5.11 Å². The van der Waals surface area contributed by atoms with E-state index in [1.165, 1.54) is 18.5 Å². The van der Waals surface area contributed by atoms with E-state index in [2.05, 4.69) is 20.2 Å². The minimum atomic E-state index is -1.09. The molecule has 6 nitrogen and oxygen atoms in total. The Hall–Kier alpha value is -2.37. The molecular formula is C9H6N4O2. The summed E-state index contributed by atoms with van der Waals surface area (Å²) in [7, 11) is 0. The van der Waals surface area contributed by atoms with Crippen LogP contribution in [0.4, 0.5) is 0 Å². The van der Waals surface area contributed by atoms with E-state index in [0.717, 1.165) is 0 Å². The summed E-state index contributed by atoms with van der Waals surface area (Å²) in [5, 5.41) is 16.2. The Kier molecular flexibility index (Phi) is 2.32. The van der Waals surface area contributed by atoms with Crippen LogP contribution in [0.5, 0.6) is 0 Å². The standard InChI is InChI=1S/C9H6N4O2/c14-9(15)7-3-5-10-8(12-7)6-2-1-4-11-13-6/h1-5H,(H,14,15). The Bertz CT molecular complexity index is 486. The lowest BCUT2D eigenvalue weighted by molar-refractivity contribution is 0.0690. The summed E-state index contributed by atoms with van der Waals surface area (Å²) >= 11 is 0. The van der Waals surface area contributed by atoms with Crippen molar-refractivity contribution in [1.82, 2.24) is 20.2 Å². The molecule has 0 aliphatic heterocycles. The van der Waals surface area contributed by atoms with Gasteiger partial charge >= 0.3 is 5.97 Å². The highest BCUT2D eigenvalue weighted by atomic mass is 16.4. The predicted octanol–water partition coefficient (Wildman–Crippen LogP) is 0.632. The monoisotopic (exact) mass is 202 g/mol. The van der Waals surface area contributed by atoms with Gasteiger partial charge in [-0.25, -0.2) is 14.8 Å². The number of carbonyl (C=O) groups is 1. The number of aromatic carboxylic acids is 1. The lowest BCUT2D eigenvalue weighted by Crippen LogP contribution is -2.03. The van der Waals surface area contributed by atoms with Gasteiger partial charge in [-0.3, -0.25) is 0 Å². The molecule has 2 heterocycles. The average molecular weight is 202 g/mol. The van der Waals surface area contributed by atoms with Gasteiger partial charge in [0.15, 0.2) is 11.5 Å². The molecule has 6 heteroatoms. The van der Waals surface area contributed by atoms with Gasteiger partial charge in [0, 0.05) is 12.4 Å². The number of rotatable bonds is 2. The van der Waals surface area contributed by atoms with Crippen molar-refractivity contribution in [3.05, 3.63) is 36.3 Å². The summed E-state index contributed by atoms with van der Waals surface area (Å²) in [5.74, 6) is -0.842. The smallest absolute Gasteiger partial charge is 0.354 e. The van der Waals surface area contributed by atoms with E-state index in [0.29, 0.717) is 5.69 Å².